The molecule has 5 heteroatoms. The van der Waals surface area contributed by atoms with Gasteiger partial charge in [-0.1, -0.05) is 25.9 Å². The highest BCUT2D eigenvalue weighted by Gasteiger charge is 2.24. The largest absolute Gasteiger partial charge is 0.338 e. The minimum Gasteiger partial charge on any atom is -0.338 e. The van der Waals surface area contributed by atoms with Crippen molar-refractivity contribution in [2.75, 3.05) is 26.2 Å². The standard InChI is InChI=1S/C13H24N4O/c1-10(17-7-5-14-6-8-17)12-15-11(16-18-12)9-13(2,3)4/h10,14H,5-9H2,1-4H3. The zero-order valence-electron chi connectivity index (χ0n) is 11.9. The summed E-state index contributed by atoms with van der Waals surface area (Å²) in [5.41, 5.74) is 0.194. The molecule has 1 aliphatic rings. The minimum atomic E-state index is 0.194. The molecular formula is C13H24N4O. The molecule has 1 aromatic heterocycles. The lowest BCUT2D eigenvalue weighted by Gasteiger charge is -2.30. The minimum absolute atomic E-state index is 0.194. The molecule has 0 amide bonds. The number of hydrogen-bond acceptors (Lipinski definition) is 5. The van der Waals surface area contributed by atoms with Crippen LogP contribution in [0.3, 0.4) is 0 Å². The van der Waals surface area contributed by atoms with Crippen LogP contribution >= 0.6 is 0 Å². The Morgan fingerprint density at radius 1 is 1.33 bits per heavy atom. The Morgan fingerprint density at radius 2 is 2.00 bits per heavy atom. The summed E-state index contributed by atoms with van der Waals surface area (Å²) in [4.78, 5) is 6.91. The van der Waals surface area contributed by atoms with E-state index in [2.05, 4.69) is 48.1 Å². The van der Waals surface area contributed by atoms with E-state index in [9.17, 15) is 0 Å². The van der Waals surface area contributed by atoms with Gasteiger partial charge in [0.25, 0.3) is 0 Å². The van der Waals surface area contributed by atoms with Gasteiger partial charge in [0.15, 0.2) is 5.82 Å². The van der Waals surface area contributed by atoms with Gasteiger partial charge in [-0.2, -0.15) is 4.98 Å². The molecule has 1 aromatic rings. The molecule has 0 spiro atoms. The van der Waals surface area contributed by atoms with E-state index in [0.29, 0.717) is 0 Å². The molecular weight excluding hydrogens is 228 g/mol. The number of rotatable bonds is 3. The first-order valence-electron chi connectivity index (χ1n) is 6.73. The molecule has 102 valence electrons. The molecule has 1 saturated heterocycles. The fourth-order valence-electron chi connectivity index (χ4n) is 2.21. The summed E-state index contributed by atoms with van der Waals surface area (Å²) in [6.45, 7) is 12.8. The Morgan fingerprint density at radius 3 is 2.61 bits per heavy atom. The Hall–Kier alpha value is -0.940. The topological polar surface area (TPSA) is 54.2 Å². The second kappa shape index (κ2) is 5.36. The van der Waals surface area contributed by atoms with E-state index < -0.39 is 0 Å². The Labute approximate surface area is 109 Å². The highest BCUT2D eigenvalue weighted by Crippen LogP contribution is 2.22. The second-order valence-electron chi connectivity index (χ2n) is 6.25. The van der Waals surface area contributed by atoms with Gasteiger partial charge >= 0.3 is 0 Å². The van der Waals surface area contributed by atoms with Crippen molar-refractivity contribution in [2.45, 2.75) is 40.2 Å². The molecule has 1 fully saturated rings. The van der Waals surface area contributed by atoms with Gasteiger partial charge in [0.2, 0.25) is 5.89 Å². The van der Waals surface area contributed by atoms with E-state index in [-0.39, 0.29) is 11.5 Å². The lowest BCUT2D eigenvalue weighted by Crippen LogP contribution is -2.44. The van der Waals surface area contributed by atoms with E-state index in [1.165, 1.54) is 0 Å². The van der Waals surface area contributed by atoms with Crippen molar-refractivity contribution < 1.29 is 4.52 Å². The van der Waals surface area contributed by atoms with Gasteiger partial charge in [-0.05, 0) is 12.3 Å². The van der Waals surface area contributed by atoms with Crippen molar-refractivity contribution >= 4 is 0 Å². The van der Waals surface area contributed by atoms with Crippen LogP contribution in [0.1, 0.15) is 45.5 Å². The summed E-state index contributed by atoms with van der Waals surface area (Å²) in [5, 5.41) is 7.44. The van der Waals surface area contributed by atoms with Crippen LogP contribution in [0, 0.1) is 5.41 Å². The molecule has 0 bridgehead atoms. The fraction of sp³-hybridized carbons (Fsp3) is 0.846. The average Bonchev–Trinajstić information content (AvgIpc) is 2.75. The van der Waals surface area contributed by atoms with Gasteiger partial charge in [0.05, 0.1) is 6.04 Å². The third-order valence-electron chi connectivity index (χ3n) is 3.23. The molecule has 18 heavy (non-hydrogen) atoms. The zero-order chi connectivity index (χ0) is 13.2. The lowest BCUT2D eigenvalue weighted by atomic mass is 9.92. The van der Waals surface area contributed by atoms with E-state index in [1.54, 1.807) is 0 Å². The van der Waals surface area contributed by atoms with E-state index in [4.69, 9.17) is 4.52 Å². The lowest BCUT2D eigenvalue weighted by molar-refractivity contribution is 0.154. The number of aromatic nitrogens is 2. The van der Waals surface area contributed by atoms with Crippen molar-refractivity contribution in [1.82, 2.24) is 20.4 Å². The van der Waals surface area contributed by atoms with Gasteiger partial charge in [-0.25, -0.2) is 0 Å². The quantitative estimate of drug-likeness (QED) is 0.886. The Kier molecular flexibility index (Phi) is 4.02. The smallest absolute Gasteiger partial charge is 0.243 e. The third kappa shape index (κ3) is 3.53. The fourth-order valence-corrected chi connectivity index (χ4v) is 2.21. The maximum absolute atomic E-state index is 5.40. The van der Waals surface area contributed by atoms with E-state index in [0.717, 1.165) is 44.3 Å². The maximum atomic E-state index is 5.40. The maximum Gasteiger partial charge on any atom is 0.243 e. The number of hydrogen-bond donors (Lipinski definition) is 1. The molecule has 5 nitrogen and oxygen atoms in total. The van der Waals surface area contributed by atoms with Gasteiger partial charge in [-0.3, -0.25) is 4.90 Å². The van der Waals surface area contributed by atoms with Crippen molar-refractivity contribution in [1.29, 1.82) is 0 Å². The number of nitrogens with zero attached hydrogens (tertiary/aromatic N) is 3. The van der Waals surface area contributed by atoms with Gasteiger partial charge in [0.1, 0.15) is 0 Å². The van der Waals surface area contributed by atoms with E-state index >= 15 is 0 Å². The van der Waals surface area contributed by atoms with Crippen LogP contribution in [0.15, 0.2) is 4.52 Å². The first kappa shape index (κ1) is 13.5. The van der Waals surface area contributed by atoms with Gasteiger partial charge < -0.3 is 9.84 Å². The van der Waals surface area contributed by atoms with Crippen molar-refractivity contribution in [3.63, 3.8) is 0 Å². The van der Waals surface area contributed by atoms with Crippen LogP contribution in [0.4, 0.5) is 0 Å². The second-order valence-corrected chi connectivity index (χ2v) is 6.25. The molecule has 2 heterocycles. The number of nitrogens with one attached hydrogen (secondary N) is 1. The van der Waals surface area contributed by atoms with Crippen molar-refractivity contribution in [2.24, 2.45) is 5.41 Å². The molecule has 1 aliphatic heterocycles. The van der Waals surface area contributed by atoms with Crippen molar-refractivity contribution in [3.05, 3.63) is 11.7 Å². The normalized spacial score (nSPS) is 20.0. The Bertz CT molecular complexity index is 377. The SMILES string of the molecule is CC(c1nc(CC(C)(C)C)no1)N1CCNCC1. The molecule has 1 unspecified atom stereocenters. The summed E-state index contributed by atoms with van der Waals surface area (Å²) in [5.74, 6) is 1.57. The first-order valence-corrected chi connectivity index (χ1v) is 6.73. The van der Waals surface area contributed by atoms with Crippen LogP contribution in [0.25, 0.3) is 0 Å². The summed E-state index contributed by atoms with van der Waals surface area (Å²) < 4.78 is 5.40. The van der Waals surface area contributed by atoms with E-state index in [1.807, 2.05) is 0 Å². The molecule has 1 atom stereocenters. The third-order valence-corrected chi connectivity index (χ3v) is 3.23. The zero-order valence-corrected chi connectivity index (χ0v) is 11.9. The first-order chi connectivity index (χ1) is 8.46. The molecule has 0 aromatic carbocycles. The number of piperazine rings is 1. The van der Waals surface area contributed by atoms with Crippen LogP contribution in [0.5, 0.6) is 0 Å². The summed E-state index contributed by atoms with van der Waals surface area (Å²) >= 11 is 0. The summed E-state index contributed by atoms with van der Waals surface area (Å²) in [6.07, 6.45) is 0.852. The molecule has 0 saturated carbocycles. The van der Waals surface area contributed by atoms with Crippen molar-refractivity contribution in [3.8, 4) is 0 Å². The highest BCUT2D eigenvalue weighted by atomic mass is 16.5. The van der Waals surface area contributed by atoms with Gasteiger partial charge in [0, 0.05) is 32.6 Å². The Balaban J connectivity index is 2.00. The monoisotopic (exact) mass is 252 g/mol. The predicted molar refractivity (Wildman–Crippen MR) is 70.3 cm³/mol. The van der Waals surface area contributed by atoms with Crippen LogP contribution < -0.4 is 5.32 Å². The highest BCUT2D eigenvalue weighted by molar-refractivity contribution is 4.95. The molecule has 0 aliphatic carbocycles. The van der Waals surface area contributed by atoms with Gasteiger partial charge in [-0.15, -0.1) is 0 Å². The summed E-state index contributed by atoms with van der Waals surface area (Å²) in [7, 11) is 0. The van der Waals surface area contributed by atoms with Crippen LogP contribution in [0.2, 0.25) is 0 Å². The van der Waals surface area contributed by atoms with Crippen LogP contribution in [-0.2, 0) is 6.42 Å². The van der Waals surface area contributed by atoms with Crippen LogP contribution in [-0.4, -0.2) is 41.2 Å². The summed E-state index contributed by atoms with van der Waals surface area (Å²) in [6, 6.07) is 0.216. The average molecular weight is 252 g/mol. The molecule has 0 radical (unpaired) electrons. The molecule has 1 N–H and O–H groups in total. The predicted octanol–water partition coefficient (Wildman–Crippen LogP) is 1.62. The molecule has 2 rings (SSSR count).